The Morgan fingerprint density at radius 1 is 1.58 bits per heavy atom. The highest BCUT2D eigenvalue weighted by atomic mass is 19.4. The summed E-state index contributed by atoms with van der Waals surface area (Å²) in [4.78, 5) is 13.1. The van der Waals surface area contributed by atoms with Gasteiger partial charge in [-0.1, -0.05) is 0 Å². The molecule has 0 saturated carbocycles. The van der Waals surface area contributed by atoms with E-state index in [2.05, 4.69) is 14.5 Å². The highest BCUT2D eigenvalue weighted by Gasteiger charge is 2.35. The van der Waals surface area contributed by atoms with Crippen LogP contribution in [0.15, 0.2) is 6.07 Å². The number of rotatable bonds is 4. The first kappa shape index (κ1) is 14.5. The van der Waals surface area contributed by atoms with Crippen molar-refractivity contribution in [3.63, 3.8) is 0 Å². The Labute approximate surface area is 104 Å². The van der Waals surface area contributed by atoms with Crippen LogP contribution >= 0.6 is 0 Å². The molecule has 1 heterocycles. The van der Waals surface area contributed by atoms with Gasteiger partial charge in [-0.2, -0.15) is 5.26 Å². The maximum absolute atomic E-state index is 12.2. The second-order valence-corrected chi connectivity index (χ2v) is 3.10. The molecule has 0 aliphatic heterocycles. The minimum absolute atomic E-state index is 0.423. The molecule has 0 aliphatic rings. The lowest BCUT2D eigenvalue weighted by Crippen LogP contribution is -2.19. The van der Waals surface area contributed by atoms with Crippen LogP contribution in [0, 0.1) is 21.4 Å². The van der Waals surface area contributed by atoms with Crippen LogP contribution in [0.5, 0.6) is 11.6 Å². The van der Waals surface area contributed by atoms with Gasteiger partial charge in [0.25, 0.3) is 0 Å². The molecule has 0 aliphatic carbocycles. The Bertz CT molecular complexity index is 539. The second kappa shape index (κ2) is 5.38. The van der Waals surface area contributed by atoms with Gasteiger partial charge in [-0.05, 0) is 4.92 Å². The number of nitrogens with zero attached hydrogens (tertiary/aromatic N) is 3. The Kier molecular flexibility index (Phi) is 4.11. The largest absolute Gasteiger partial charge is 0.573 e. The molecule has 0 radical (unpaired) electrons. The van der Waals surface area contributed by atoms with E-state index in [1.807, 2.05) is 0 Å². The molecular formula is C9H6F3N3O4. The topological polar surface area (TPSA) is 98.3 Å². The SMILES string of the molecule is COc1cc(OC(F)(F)F)c(CC#N)c([N+](=O)[O-])n1. The van der Waals surface area contributed by atoms with Crippen LogP contribution in [0.4, 0.5) is 19.0 Å². The fraction of sp³-hybridized carbons (Fsp3) is 0.333. The van der Waals surface area contributed by atoms with Crippen molar-refractivity contribution in [2.45, 2.75) is 12.8 Å². The number of nitro groups is 1. The van der Waals surface area contributed by atoms with Gasteiger partial charge in [-0.15, -0.1) is 13.2 Å². The van der Waals surface area contributed by atoms with Crippen molar-refractivity contribution in [1.82, 2.24) is 4.98 Å². The van der Waals surface area contributed by atoms with E-state index >= 15 is 0 Å². The summed E-state index contributed by atoms with van der Waals surface area (Å²) in [6.07, 6.45) is -5.71. The van der Waals surface area contributed by atoms with E-state index in [4.69, 9.17) is 5.26 Å². The zero-order valence-electron chi connectivity index (χ0n) is 9.39. The van der Waals surface area contributed by atoms with Crippen LogP contribution in [0.25, 0.3) is 0 Å². The summed E-state index contributed by atoms with van der Waals surface area (Å²) >= 11 is 0. The number of hydrogen-bond acceptors (Lipinski definition) is 6. The molecule has 0 saturated heterocycles. The number of hydrogen-bond donors (Lipinski definition) is 0. The number of pyridine rings is 1. The third kappa shape index (κ3) is 3.70. The molecule has 0 fully saturated rings. The summed E-state index contributed by atoms with van der Waals surface area (Å²) in [5, 5.41) is 19.2. The van der Waals surface area contributed by atoms with Crippen LogP contribution in [0.1, 0.15) is 5.56 Å². The molecule has 10 heteroatoms. The van der Waals surface area contributed by atoms with Gasteiger partial charge in [0.1, 0.15) is 11.3 Å². The minimum atomic E-state index is -5.05. The average Bonchev–Trinajstić information content (AvgIpc) is 2.29. The lowest BCUT2D eigenvalue weighted by atomic mass is 10.2. The van der Waals surface area contributed by atoms with Crippen molar-refractivity contribution in [1.29, 1.82) is 5.26 Å². The highest BCUT2D eigenvalue weighted by molar-refractivity contribution is 5.49. The molecule has 1 aromatic rings. The maximum atomic E-state index is 12.2. The number of methoxy groups -OCH3 is 1. The normalized spacial score (nSPS) is 10.7. The van der Waals surface area contributed by atoms with Crippen molar-refractivity contribution in [3.8, 4) is 17.7 Å². The fourth-order valence-electron chi connectivity index (χ4n) is 1.23. The zero-order valence-corrected chi connectivity index (χ0v) is 9.39. The Hall–Kier alpha value is -2.57. The minimum Gasteiger partial charge on any atom is -0.463 e. The molecular weight excluding hydrogens is 271 g/mol. The third-order valence-corrected chi connectivity index (χ3v) is 1.90. The standard InChI is InChI=1S/C9H6F3N3O4/c1-18-7-4-6(19-9(10,11)12)5(2-3-13)8(14-7)15(16)17/h4H,2H2,1H3. The van der Waals surface area contributed by atoms with E-state index in [0.717, 1.165) is 13.2 Å². The van der Waals surface area contributed by atoms with E-state index in [1.54, 1.807) is 0 Å². The molecule has 1 aromatic heterocycles. The number of nitriles is 1. The lowest BCUT2D eigenvalue weighted by molar-refractivity contribution is -0.390. The molecule has 1 rings (SSSR count). The van der Waals surface area contributed by atoms with E-state index in [1.165, 1.54) is 6.07 Å². The van der Waals surface area contributed by atoms with Gasteiger partial charge in [0.05, 0.1) is 25.7 Å². The predicted octanol–water partition coefficient (Wildman–Crippen LogP) is 1.96. The van der Waals surface area contributed by atoms with Crippen LogP contribution in [0.2, 0.25) is 0 Å². The Morgan fingerprint density at radius 2 is 2.21 bits per heavy atom. The van der Waals surface area contributed by atoms with Crippen LogP contribution in [-0.2, 0) is 6.42 Å². The van der Waals surface area contributed by atoms with Gasteiger partial charge in [0, 0.05) is 4.98 Å². The van der Waals surface area contributed by atoms with Crippen LogP contribution < -0.4 is 9.47 Å². The van der Waals surface area contributed by atoms with Gasteiger partial charge < -0.3 is 19.6 Å². The van der Waals surface area contributed by atoms with E-state index in [0.29, 0.717) is 0 Å². The van der Waals surface area contributed by atoms with Crippen LogP contribution in [-0.4, -0.2) is 23.4 Å². The smallest absolute Gasteiger partial charge is 0.463 e. The zero-order chi connectivity index (χ0) is 14.6. The molecule has 0 bridgehead atoms. The molecule has 19 heavy (non-hydrogen) atoms. The summed E-state index contributed by atoms with van der Waals surface area (Å²) in [6.45, 7) is 0. The van der Waals surface area contributed by atoms with E-state index < -0.39 is 40.7 Å². The van der Waals surface area contributed by atoms with Gasteiger partial charge in [0.2, 0.25) is 0 Å². The molecule has 7 nitrogen and oxygen atoms in total. The van der Waals surface area contributed by atoms with Crippen molar-refractivity contribution < 1.29 is 27.6 Å². The first-order valence-electron chi connectivity index (χ1n) is 4.63. The summed E-state index contributed by atoms with van der Waals surface area (Å²) in [6, 6.07) is 2.24. The number of ether oxygens (including phenoxy) is 2. The van der Waals surface area contributed by atoms with Crippen molar-refractivity contribution >= 4 is 5.82 Å². The monoisotopic (exact) mass is 277 g/mol. The summed E-state index contributed by atoms with van der Waals surface area (Å²) in [5.41, 5.74) is -0.564. The first-order valence-corrected chi connectivity index (χ1v) is 4.63. The summed E-state index contributed by atoms with van der Waals surface area (Å²) in [7, 11) is 1.08. The summed E-state index contributed by atoms with van der Waals surface area (Å²) in [5.74, 6) is -2.22. The first-order chi connectivity index (χ1) is 8.78. The second-order valence-electron chi connectivity index (χ2n) is 3.10. The fourth-order valence-corrected chi connectivity index (χ4v) is 1.23. The number of alkyl halides is 3. The van der Waals surface area contributed by atoms with Gasteiger partial charge >= 0.3 is 18.1 Å². The molecule has 0 atom stereocenters. The van der Waals surface area contributed by atoms with Gasteiger partial charge in [0.15, 0.2) is 0 Å². The predicted molar refractivity (Wildman–Crippen MR) is 53.4 cm³/mol. The number of halogens is 3. The van der Waals surface area contributed by atoms with E-state index in [9.17, 15) is 23.3 Å². The van der Waals surface area contributed by atoms with Crippen molar-refractivity contribution in [3.05, 3.63) is 21.7 Å². The van der Waals surface area contributed by atoms with Gasteiger partial charge in [-0.25, -0.2) is 0 Å². The quantitative estimate of drug-likeness (QED) is 0.616. The highest BCUT2D eigenvalue weighted by Crippen LogP contribution is 2.34. The van der Waals surface area contributed by atoms with Crippen LogP contribution in [0.3, 0.4) is 0 Å². The Morgan fingerprint density at radius 3 is 2.63 bits per heavy atom. The Balaban J connectivity index is 3.44. The molecule has 0 amide bonds. The summed E-state index contributed by atoms with van der Waals surface area (Å²) < 4.78 is 44.8. The average molecular weight is 277 g/mol. The maximum Gasteiger partial charge on any atom is 0.573 e. The lowest BCUT2D eigenvalue weighted by Gasteiger charge is -2.11. The van der Waals surface area contributed by atoms with Gasteiger partial charge in [-0.3, -0.25) is 0 Å². The van der Waals surface area contributed by atoms with Crippen molar-refractivity contribution in [2.75, 3.05) is 7.11 Å². The third-order valence-electron chi connectivity index (χ3n) is 1.90. The molecule has 0 N–H and O–H groups in total. The molecule has 0 unspecified atom stereocenters. The molecule has 102 valence electrons. The molecule has 0 aromatic carbocycles. The van der Waals surface area contributed by atoms with Crippen molar-refractivity contribution in [2.24, 2.45) is 0 Å². The number of aromatic nitrogens is 1. The van der Waals surface area contributed by atoms with E-state index in [-0.39, 0.29) is 0 Å². The molecule has 0 spiro atoms.